The van der Waals surface area contributed by atoms with Crippen LogP contribution >= 0.6 is 0 Å². The number of benzene rings is 1. The number of hydrogen-bond acceptors (Lipinski definition) is 4. The first kappa shape index (κ1) is 12.6. The topological polar surface area (TPSA) is 72.1 Å². The molecule has 1 N–H and O–H groups in total. The highest BCUT2D eigenvalue weighted by Gasteiger charge is 2.17. The average molecular weight is 266 g/mol. The van der Waals surface area contributed by atoms with Gasteiger partial charge in [0.05, 0.1) is 23.5 Å². The Bertz CT molecular complexity index is 647. The molecule has 0 amide bonds. The van der Waals surface area contributed by atoms with Crippen LogP contribution in [-0.2, 0) is 15.6 Å². The lowest BCUT2D eigenvalue weighted by molar-refractivity contribution is 0.413. The lowest BCUT2D eigenvalue weighted by Crippen LogP contribution is -2.05. The molecule has 0 radical (unpaired) electrons. The van der Waals surface area contributed by atoms with E-state index < -0.39 is 9.84 Å². The zero-order valence-corrected chi connectivity index (χ0v) is 11.0. The van der Waals surface area contributed by atoms with Crippen LogP contribution in [-0.4, -0.2) is 25.7 Å². The normalized spacial score (nSPS) is 11.4. The maximum absolute atomic E-state index is 12.2. The molecular formula is C12H14N2O3S. The molecule has 5 nitrogen and oxygen atoms in total. The van der Waals surface area contributed by atoms with Gasteiger partial charge in [-0.05, 0) is 31.2 Å². The van der Waals surface area contributed by atoms with Crippen LogP contribution in [0, 0.1) is 6.92 Å². The number of aryl methyl sites for hydroxylation is 1. The Labute approximate surface area is 106 Å². The molecule has 0 unspecified atom stereocenters. The predicted octanol–water partition coefficient (Wildman–Crippen LogP) is 1.70. The predicted molar refractivity (Wildman–Crippen MR) is 67.2 cm³/mol. The highest BCUT2D eigenvalue weighted by Crippen LogP contribution is 2.20. The number of nitrogens with zero attached hydrogens (tertiary/aromatic N) is 1. The quantitative estimate of drug-likeness (QED) is 0.914. The van der Waals surface area contributed by atoms with Gasteiger partial charge in [-0.15, -0.1) is 0 Å². The highest BCUT2D eigenvalue weighted by atomic mass is 32.2. The van der Waals surface area contributed by atoms with Crippen LogP contribution in [0.15, 0.2) is 35.2 Å². The van der Waals surface area contributed by atoms with E-state index >= 15 is 0 Å². The van der Waals surface area contributed by atoms with Crippen molar-refractivity contribution in [3.05, 3.63) is 41.7 Å². The van der Waals surface area contributed by atoms with E-state index in [2.05, 4.69) is 10.2 Å². The van der Waals surface area contributed by atoms with Gasteiger partial charge in [-0.1, -0.05) is 6.07 Å². The van der Waals surface area contributed by atoms with Gasteiger partial charge < -0.3 is 4.74 Å². The molecule has 0 atom stereocenters. The first-order valence-corrected chi connectivity index (χ1v) is 7.04. The summed E-state index contributed by atoms with van der Waals surface area (Å²) >= 11 is 0. The van der Waals surface area contributed by atoms with Crippen LogP contribution in [0.5, 0.6) is 5.75 Å². The van der Waals surface area contributed by atoms with Crippen LogP contribution in [0.1, 0.15) is 11.4 Å². The highest BCUT2D eigenvalue weighted by molar-refractivity contribution is 7.90. The third-order valence-electron chi connectivity index (χ3n) is 2.50. The molecule has 0 bridgehead atoms. The first-order valence-electron chi connectivity index (χ1n) is 5.39. The van der Waals surface area contributed by atoms with E-state index in [1.165, 1.54) is 13.2 Å². The fourth-order valence-electron chi connectivity index (χ4n) is 1.62. The van der Waals surface area contributed by atoms with Gasteiger partial charge in [-0.3, -0.25) is 5.10 Å². The molecule has 1 aromatic carbocycles. The summed E-state index contributed by atoms with van der Waals surface area (Å²) in [5.41, 5.74) is 1.35. The Morgan fingerprint density at radius 3 is 2.72 bits per heavy atom. The minimum atomic E-state index is -3.40. The molecule has 96 valence electrons. The van der Waals surface area contributed by atoms with Crippen molar-refractivity contribution in [2.75, 3.05) is 7.11 Å². The van der Waals surface area contributed by atoms with Gasteiger partial charge in [-0.25, -0.2) is 8.42 Å². The van der Waals surface area contributed by atoms with Gasteiger partial charge >= 0.3 is 0 Å². The van der Waals surface area contributed by atoms with Crippen molar-refractivity contribution in [2.45, 2.75) is 17.6 Å². The molecule has 0 saturated heterocycles. The zero-order chi connectivity index (χ0) is 13.2. The summed E-state index contributed by atoms with van der Waals surface area (Å²) in [5.74, 6) is 0.402. The van der Waals surface area contributed by atoms with Crippen molar-refractivity contribution in [1.82, 2.24) is 10.2 Å². The molecule has 1 heterocycles. The van der Waals surface area contributed by atoms with E-state index in [0.717, 1.165) is 5.69 Å². The summed E-state index contributed by atoms with van der Waals surface area (Å²) < 4.78 is 29.4. The van der Waals surface area contributed by atoms with Crippen LogP contribution in [0.4, 0.5) is 0 Å². The second-order valence-corrected chi connectivity index (χ2v) is 5.97. The van der Waals surface area contributed by atoms with E-state index in [1.807, 2.05) is 6.92 Å². The summed E-state index contributed by atoms with van der Waals surface area (Å²) in [6, 6.07) is 8.14. The standard InChI is InChI=1S/C12H14N2O3S/c1-9-6-10(14-13-9)8-18(15,16)12-5-3-4-11(7-12)17-2/h3-7H,8H2,1-2H3,(H,13,14). The van der Waals surface area contributed by atoms with Gasteiger partial charge in [0.1, 0.15) is 5.75 Å². The fraction of sp³-hybridized carbons (Fsp3) is 0.250. The molecule has 0 aliphatic carbocycles. The average Bonchev–Trinajstić information content (AvgIpc) is 2.74. The number of aromatic nitrogens is 2. The molecule has 18 heavy (non-hydrogen) atoms. The molecule has 2 rings (SSSR count). The Kier molecular flexibility index (Phi) is 3.38. The summed E-state index contributed by atoms with van der Waals surface area (Å²) in [6.45, 7) is 1.83. The number of ether oxygens (including phenoxy) is 1. The molecule has 1 aromatic heterocycles. The number of sulfone groups is 1. The fourth-order valence-corrected chi connectivity index (χ4v) is 2.91. The number of rotatable bonds is 4. The number of aromatic amines is 1. The number of nitrogens with one attached hydrogen (secondary N) is 1. The third-order valence-corrected chi connectivity index (χ3v) is 4.15. The minimum Gasteiger partial charge on any atom is -0.497 e. The molecule has 0 aliphatic rings. The largest absolute Gasteiger partial charge is 0.497 e. The zero-order valence-electron chi connectivity index (χ0n) is 10.2. The molecular weight excluding hydrogens is 252 g/mol. The molecule has 6 heteroatoms. The van der Waals surface area contributed by atoms with Gasteiger partial charge in [0, 0.05) is 5.69 Å². The van der Waals surface area contributed by atoms with Crippen LogP contribution in [0.3, 0.4) is 0 Å². The summed E-state index contributed by atoms with van der Waals surface area (Å²) in [6.07, 6.45) is 0. The van der Waals surface area contributed by atoms with E-state index in [9.17, 15) is 8.42 Å². The maximum Gasteiger partial charge on any atom is 0.184 e. The van der Waals surface area contributed by atoms with Crippen LogP contribution < -0.4 is 4.74 Å². The second-order valence-electron chi connectivity index (χ2n) is 3.98. The Hall–Kier alpha value is -1.82. The Morgan fingerprint density at radius 1 is 1.33 bits per heavy atom. The number of H-pyrrole nitrogens is 1. The smallest absolute Gasteiger partial charge is 0.184 e. The van der Waals surface area contributed by atoms with Crippen molar-refractivity contribution in [2.24, 2.45) is 0 Å². The lowest BCUT2D eigenvalue weighted by Gasteiger charge is -2.04. The van der Waals surface area contributed by atoms with E-state index in [4.69, 9.17) is 4.74 Å². The van der Waals surface area contributed by atoms with Crippen LogP contribution in [0.25, 0.3) is 0 Å². The van der Waals surface area contributed by atoms with Crippen molar-refractivity contribution in [3.63, 3.8) is 0 Å². The van der Waals surface area contributed by atoms with E-state index in [1.54, 1.807) is 24.3 Å². The third kappa shape index (κ3) is 2.70. The van der Waals surface area contributed by atoms with Crippen molar-refractivity contribution < 1.29 is 13.2 Å². The van der Waals surface area contributed by atoms with Crippen molar-refractivity contribution >= 4 is 9.84 Å². The van der Waals surface area contributed by atoms with Crippen LogP contribution in [0.2, 0.25) is 0 Å². The Balaban J connectivity index is 2.30. The van der Waals surface area contributed by atoms with Gasteiger partial charge in [0.15, 0.2) is 9.84 Å². The molecule has 0 spiro atoms. The monoisotopic (exact) mass is 266 g/mol. The number of methoxy groups -OCH3 is 1. The summed E-state index contributed by atoms with van der Waals surface area (Å²) in [7, 11) is -1.89. The van der Waals surface area contributed by atoms with Crippen molar-refractivity contribution in [1.29, 1.82) is 0 Å². The SMILES string of the molecule is COc1cccc(S(=O)(=O)Cc2cc(C)[nH]n2)c1. The maximum atomic E-state index is 12.2. The number of hydrogen-bond donors (Lipinski definition) is 1. The lowest BCUT2D eigenvalue weighted by atomic mass is 10.3. The van der Waals surface area contributed by atoms with Crippen molar-refractivity contribution in [3.8, 4) is 5.75 Å². The van der Waals surface area contributed by atoms with Gasteiger partial charge in [-0.2, -0.15) is 5.10 Å². The van der Waals surface area contributed by atoms with Gasteiger partial charge in [0.25, 0.3) is 0 Å². The molecule has 0 saturated carbocycles. The summed E-state index contributed by atoms with van der Waals surface area (Å²) in [5, 5.41) is 6.66. The molecule has 2 aromatic rings. The second kappa shape index (κ2) is 4.81. The van der Waals surface area contributed by atoms with E-state index in [0.29, 0.717) is 11.4 Å². The first-order chi connectivity index (χ1) is 8.51. The van der Waals surface area contributed by atoms with Gasteiger partial charge in [0.2, 0.25) is 0 Å². The Morgan fingerprint density at radius 2 is 2.11 bits per heavy atom. The summed E-state index contributed by atoms with van der Waals surface area (Å²) in [4.78, 5) is 0.238. The van der Waals surface area contributed by atoms with E-state index in [-0.39, 0.29) is 10.6 Å². The molecule has 0 fully saturated rings. The minimum absolute atomic E-state index is 0.121. The molecule has 0 aliphatic heterocycles.